The fourth-order valence-electron chi connectivity index (χ4n) is 3.03. The minimum absolute atomic E-state index is 0.0549. The average Bonchev–Trinajstić information content (AvgIpc) is 2.80. The first-order chi connectivity index (χ1) is 14.7. The number of benzene rings is 2. The Morgan fingerprint density at radius 2 is 1.87 bits per heavy atom. The van der Waals surface area contributed by atoms with Crippen LogP contribution < -0.4 is 15.4 Å². The van der Waals surface area contributed by atoms with Crippen molar-refractivity contribution in [3.05, 3.63) is 88.5 Å². The molecule has 154 valence electrons. The summed E-state index contributed by atoms with van der Waals surface area (Å²) >= 11 is 3.41. The van der Waals surface area contributed by atoms with E-state index < -0.39 is 0 Å². The van der Waals surface area contributed by atoms with Gasteiger partial charge in [-0.15, -0.1) is 0 Å². The van der Waals surface area contributed by atoms with E-state index in [1.54, 1.807) is 6.20 Å². The van der Waals surface area contributed by atoms with Crippen LogP contribution in [0.25, 0.3) is 0 Å². The Bertz CT molecular complexity index is 930. The molecular formula is C24H25BrN4O. The number of halogens is 1. The molecule has 0 spiro atoms. The van der Waals surface area contributed by atoms with E-state index >= 15 is 0 Å². The first-order valence-electron chi connectivity index (χ1n) is 9.92. The number of anilines is 1. The van der Waals surface area contributed by atoms with E-state index in [4.69, 9.17) is 10.00 Å². The zero-order valence-electron chi connectivity index (χ0n) is 16.9. The molecule has 2 unspecified atom stereocenters. The van der Waals surface area contributed by atoms with Gasteiger partial charge in [0, 0.05) is 23.8 Å². The molecule has 2 aromatic carbocycles. The molecule has 2 heterocycles. The number of nitrogens with one attached hydrogen (secondary N) is 2. The highest BCUT2D eigenvalue weighted by atomic mass is 79.9. The number of rotatable bonds is 5. The summed E-state index contributed by atoms with van der Waals surface area (Å²) in [5.74, 6) is 1.02. The first kappa shape index (κ1) is 21.8. The second kappa shape index (κ2) is 11.3. The molecule has 30 heavy (non-hydrogen) atoms. The van der Waals surface area contributed by atoms with Crippen LogP contribution >= 0.6 is 15.9 Å². The zero-order valence-corrected chi connectivity index (χ0v) is 18.5. The lowest BCUT2D eigenvalue weighted by Gasteiger charge is -2.27. The van der Waals surface area contributed by atoms with Crippen LogP contribution in [0.1, 0.15) is 24.0 Å². The highest BCUT2D eigenvalue weighted by Gasteiger charge is 2.20. The smallest absolute Gasteiger partial charge is 0.237 e. The van der Waals surface area contributed by atoms with Crippen LogP contribution in [0.15, 0.2) is 77.4 Å². The number of fused-ring (bicyclic) bond motifs is 1. The van der Waals surface area contributed by atoms with Gasteiger partial charge in [-0.05, 0) is 45.6 Å². The molecule has 2 atom stereocenters. The van der Waals surface area contributed by atoms with Gasteiger partial charge in [0.25, 0.3) is 0 Å². The second-order valence-corrected chi connectivity index (χ2v) is 7.99. The summed E-state index contributed by atoms with van der Waals surface area (Å²) < 4.78 is 6.85. The Kier molecular flexibility index (Phi) is 8.25. The largest absolute Gasteiger partial charge is 0.470 e. The van der Waals surface area contributed by atoms with E-state index in [0.29, 0.717) is 17.4 Å². The van der Waals surface area contributed by atoms with E-state index in [9.17, 15) is 0 Å². The van der Waals surface area contributed by atoms with Crippen molar-refractivity contribution >= 4 is 21.6 Å². The highest BCUT2D eigenvalue weighted by molar-refractivity contribution is 9.10. The van der Waals surface area contributed by atoms with Crippen LogP contribution in [-0.2, 0) is 0 Å². The minimum atomic E-state index is 0.0549. The molecular weight excluding hydrogens is 440 g/mol. The van der Waals surface area contributed by atoms with Crippen molar-refractivity contribution in [1.29, 1.82) is 5.26 Å². The van der Waals surface area contributed by atoms with Gasteiger partial charge in [-0.1, -0.05) is 55.5 Å². The first-order valence-corrected chi connectivity index (χ1v) is 10.7. The van der Waals surface area contributed by atoms with E-state index in [2.05, 4.69) is 44.5 Å². The van der Waals surface area contributed by atoms with Crippen LogP contribution in [0.3, 0.4) is 0 Å². The molecule has 1 aliphatic rings. The maximum absolute atomic E-state index is 8.85. The van der Waals surface area contributed by atoms with Gasteiger partial charge in [0.05, 0.1) is 23.9 Å². The quantitative estimate of drug-likeness (QED) is 0.557. The Hall–Kier alpha value is -2.88. The molecule has 5 nitrogen and oxygen atoms in total. The van der Waals surface area contributed by atoms with Crippen LogP contribution in [-0.4, -0.2) is 30.7 Å². The minimum Gasteiger partial charge on any atom is -0.470 e. The number of aromatic nitrogens is 1. The normalized spacial score (nSPS) is 15.3. The lowest BCUT2D eigenvalue weighted by atomic mass is 10.00. The summed E-state index contributed by atoms with van der Waals surface area (Å²) in [5.41, 5.74) is 2.84. The van der Waals surface area contributed by atoms with E-state index in [0.717, 1.165) is 29.8 Å². The third-order valence-electron chi connectivity index (χ3n) is 4.71. The van der Waals surface area contributed by atoms with Gasteiger partial charge in [0.2, 0.25) is 5.88 Å². The number of ether oxygens (including phenoxy) is 1. The predicted molar refractivity (Wildman–Crippen MR) is 124 cm³/mol. The topological polar surface area (TPSA) is 70.0 Å². The van der Waals surface area contributed by atoms with Crippen LogP contribution in [0.2, 0.25) is 0 Å². The van der Waals surface area contributed by atoms with Gasteiger partial charge in [0.15, 0.2) is 0 Å². The molecule has 2 N–H and O–H groups in total. The van der Waals surface area contributed by atoms with Crippen molar-refractivity contribution in [2.75, 3.05) is 25.0 Å². The molecule has 0 fully saturated rings. The van der Waals surface area contributed by atoms with Crippen LogP contribution in [0.5, 0.6) is 5.88 Å². The van der Waals surface area contributed by atoms with Gasteiger partial charge >= 0.3 is 0 Å². The molecule has 3 aromatic rings. The average molecular weight is 465 g/mol. The van der Waals surface area contributed by atoms with Crippen molar-refractivity contribution < 1.29 is 4.74 Å². The highest BCUT2D eigenvalue weighted by Crippen LogP contribution is 2.28. The monoisotopic (exact) mass is 464 g/mol. The van der Waals surface area contributed by atoms with Gasteiger partial charge in [-0.3, -0.25) is 0 Å². The molecule has 4 rings (SSSR count). The van der Waals surface area contributed by atoms with Gasteiger partial charge in [-0.2, -0.15) is 5.26 Å². The van der Waals surface area contributed by atoms with E-state index in [-0.39, 0.29) is 6.10 Å². The second-order valence-electron chi connectivity index (χ2n) is 7.07. The number of hydrogen-bond donors (Lipinski definition) is 2. The van der Waals surface area contributed by atoms with Crippen LogP contribution in [0.4, 0.5) is 5.69 Å². The molecule has 0 amide bonds. The lowest BCUT2D eigenvalue weighted by Crippen LogP contribution is -2.40. The van der Waals surface area contributed by atoms with Gasteiger partial charge in [-0.25, -0.2) is 4.98 Å². The van der Waals surface area contributed by atoms with Gasteiger partial charge < -0.3 is 15.4 Å². The molecule has 0 saturated heterocycles. The zero-order chi connectivity index (χ0) is 21.2. The Morgan fingerprint density at radius 1 is 1.20 bits per heavy atom. The summed E-state index contributed by atoms with van der Waals surface area (Å²) in [6, 6.07) is 23.9. The maximum atomic E-state index is 8.85. The van der Waals surface area contributed by atoms with E-state index in [1.165, 1.54) is 5.56 Å². The SMILES string of the molecule is CC(CNCC1CNc2cc(Br)cnc2O1)c1ccc(C#N)cc1.c1ccccc1. The van der Waals surface area contributed by atoms with Crippen LogP contribution in [0, 0.1) is 11.3 Å². The number of nitrogens with zero attached hydrogens (tertiary/aromatic N) is 2. The Balaban J connectivity index is 0.000000367. The van der Waals surface area contributed by atoms with Crippen molar-refractivity contribution in [2.24, 2.45) is 0 Å². The predicted octanol–water partition coefficient (Wildman–Crippen LogP) is 4.97. The molecule has 1 aromatic heterocycles. The van der Waals surface area contributed by atoms with Crippen molar-refractivity contribution in [1.82, 2.24) is 10.3 Å². The fraction of sp³-hybridized carbons (Fsp3) is 0.250. The van der Waals surface area contributed by atoms with Crippen molar-refractivity contribution in [3.8, 4) is 11.9 Å². The fourth-order valence-corrected chi connectivity index (χ4v) is 3.37. The van der Waals surface area contributed by atoms with E-state index in [1.807, 2.05) is 66.7 Å². The standard InChI is InChI=1S/C18H19BrN4O.C6H6/c1-12(14-4-2-13(7-20)3-5-14)8-21-10-16-11-22-17-6-15(19)9-23-18(17)24-16;1-2-4-6-5-3-1/h2-6,9,12,16,21-22H,8,10-11H2,1H3;1-6H. The summed E-state index contributed by atoms with van der Waals surface area (Å²) in [6.07, 6.45) is 1.79. The molecule has 0 aliphatic carbocycles. The molecule has 6 heteroatoms. The number of pyridine rings is 1. The molecule has 0 bridgehead atoms. The summed E-state index contributed by atoms with van der Waals surface area (Å²) in [4.78, 5) is 4.29. The number of hydrogen-bond acceptors (Lipinski definition) is 5. The summed E-state index contributed by atoms with van der Waals surface area (Å²) in [7, 11) is 0. The third kappa shape index (κ3) is 6.58. The van der Waals surface area contributed by atoms with Crippen molar-refractivity contribution in [2.45, 2.75) is 18.9 Å². The Labute approximate surface area is 186 Å². The van der Waals surface area contributed by atoms with Gasteiger partial charge in [0.1, 0.15) is 6.10 Å². The third-order valence-corrected chi connectivity index (χ3v) is 5.15. The lowest BCUT2D eigenvalue weighted by molar-refractivity contribution is 0.193. The number of nitriles is 1. The molecule has 0 radical (unpaired) electrons. The molecule has 1 aliphatic heterocycles. The Morgan fingerprint density at radius 3 is 2.50 bits per heavy atom. The summed E-state index contributed by atoms with van der Waals surface area (Å²) in [5, 5.41) is 15.7. The molecule has 0 saturated carbocycles. The van der Waals surface area contributed by atoms with Crippen molar-refractivity contribution in [3.63, 3.8) is 0 Å². The summed E-state index contributed by atoms with van der Waals surface area (Å²) in [6.45, 7) is 4.53. The maximum Gasteiger partial charge on any atom is 0.237 e.